The van der Waals surface area contributed by atoms with Gasteiger partial charge in [0.15, 0.2) is 0 Å². The predicted octanol–water partition coefficient (Wildman–Crippen LogP) is 2.24. The molecule has 2 heterocycles. The third-order valence-corrected chi connectivity index (χ3v) is 4.29. The minimum atomic E-state index is -0.0762. The van der Waals surface area contributed by atoms with Gasteiger partial charge in [-0.15, -0.1) is 0 Å². The molecule has 26 heavy (non-hydrogen) atoms. The fourth-order valence-corrected chi connectivity index (χ4v) is 2.90. The number of hydrogen-bond acceptors (Lipinski definition) is 4. The topological polar surface area (TPSA) is 76.9 Å². The standard InChI is InChI=1S/C20H22N4O2/c1-15-20(26)24(18-6-3-2-5-17(18)23-15)14-4-11-22-19(25)8-7-16-9-12-21-13-10-16/h2-3,5-6,9-10,12-13H,4,7-8,11,14H2,1H3,(H,22,25). The van der Waals surface area contributed by atoms with Crippen molar-refractivity contribution in [1.82, 2.24) is 19.9 Å². The van der Waals surface area contributed by atoms with Crippen LogP contribution in [0.15, 0.2) is 53.6 Å². The molecular weight excluding hydrogens is 328 g/mol. The summed E-state index contributed by atoms with van der Waals surface area (Å²) >= 11 is 0. The zero-order valence-electron chi connectivity index (χ0n) is 14.8. The molecule has 134 valence electrons. The molecule has 0 aliphatic rings. The Morgan fingerprint density at radius 2 is 1.92 bits per heavy atom. The van der Waals surface area contributed by atoms with Gasteiger partial charge in [-0.1, -0.05) is 12.1 Å². The molecule has 6 nitrogen and oxygen atoms in total. The van der Waals surface area contributed by atoms with E-state index in [-0.39, 0.29) is 11.5 Å². The van der Waals surface area contributed by atoms with Crippen LogP contribution in [0.1, 0.15) is 24.1 Å². The van der Waals surface area contributed by atoms with Gasteiger partial charge >= 0.3 is 0 Å². The number of rotatable bonds is 7. The Morgan fingerprint density at radius 3 is 2.73 bits per heavy atom. The summed E-state index contributed by atoms with van der Waals surface area (Å²) in [4.78, 5) is 32.6. The molecule has 0 bridgehead atoms. The number of hydrogen-bond donors (Lipinski definition) is 1. The lowest BCUT2D eigenvalue weighted by Crippen LogP contribution is -2.28. The van der Waals surface area contributed by atoms with Gasteiger partial charge in [0.1, 0.15) is 5.69 Å². The van der Waals surface area contributed by atoms with E-state index in [1.54, 1.807) is 23.9 Å². The van der Waals surface area contributed by atoms with Crippen molar-refractivity contribution >= 4 is 16.9 Å². The molecule has 0 unspecified atom stereocenters. The van der Waals surface area contributed by atoms with E-state index in [4.69, 9.17) is 0 Å². The molecule has 0 aliphatic carbocycles. The van der Waals surface area contributed by atoms with E-state index in [2.05, 4.69) is 15.3 Å². The van der Waals surface area contributed by atoms with Crippen LogP contribution < -0.4 is 10.9 Å². The van der Waals surface area contributed by atoms with Crippen molar-refractivity contribution in [2.75, 3.05) is 6.54 Å². The number of benzene rings is 1. The zero-order valence-corrected chi connectivity index (χ0v) is 14.8. The lowest BCUT2D eigenvalue weighted by atomic mass is 10.1. The minimum absolute atomic E-state index is 0.0185. The molecule has 6 heteroatoms. The van der Waals surface area contributed by atoms with E-state index in [9.17, 15) is 9.59 Å². The molecule has 0 atom stereocenters. The van der Waals surface area contributed by atoms with Crippen LogP contribution in [0.2, 0.25) is 0 Å². The van der Waals surface area contributed by atoms with Crippen LogP contribution in [-0.4, -0.2) is 27.0 Å². The third kappa shape index (κ3) is 4.33. The van der Waals surface area contributed by atoms with E-state index < -0.39 is 0 Å². The first-order valence-corrected chi connectivity index (χ1v) is 8.77. The van der Waals surface area contributed by atoms with Crippen LogP contribution in [0.25, 0.3) is 11.0 Å². The first-order chi connectivity index (χ1) is 12.6. The lowest BCUT2D eigenvalue weighted by Gasteiger charge is -2.11. The van der Waals surface area contributed by atoms with E-state index in [1.165, 1.54) is 0 Å². The number of amides is 1. The highest BCUT2D eigenvalue weighted by atomic mass is 16.1. The molecule has 0 radical (unpaired) electrons. The maximum atomic E-state index is 12.4. The smallest absolute Gasteiger partial charge is 0.272 e. The maximum Gasteiger partial charge on any atom is 0.272 e. The molecule has 0 saturated carbocycles. The molecule has 1 amide bonds. The van der Waals surface area contributed by atoms with Gasteiger partial charge < -0.3 is 9.88 Å². The van der Waals surface area contributed by atoms with E-state index in [0.717, 1.165) is 16.6 Å². The van der Waals surface area contributed by atoms with Gasteiger partial charge in [-0.05, 0) is 49.6 Å². The molecule has 1 N–H and O–H groups in total. The Hall–Kier alpha value is -3.02. The second-order valence-electron chi connectivity index (χ2n) is 6.20. The van der Waals surface area contributed by atoms with Crippen LogP contribution in [0.3, 0.4) is 0 Å². The molecule has 0 spiro atoms. The summed E-state index contributed by atoms with van der Waals surface area (Å²) < 4.78 is 1.74. The number of pyridine rings is 1. The molecule has 0 saturated heterocycles. The molecule has 1 aromatic carbocycles. The summed E-state index contributed by atoms with van der Waals surface area (Å²) in [5, 5.41) is 2.92. The van der Waals surface area contributed by atoms with Gasteiger partial charge in [0.25, 0.3) is 5.56 Å². The van der Waals surface area contributed by atoms with Crippen LogP contribution in [0.5, 0.6) is 0 Å². The second kappa shape index (κ2) is 8.38. The monoisotopic (exact) mass is 350 g/mol. The fourth-order valence-electron chi connectivity index (χ4n) is 2.90. The average Bonchev–Trinajstić information content (AvgIpc) is 2.67. The van der Waals surface area contributed by atoms with Crippen molar-refractivity contribution in [2.45, 2.75) is 32.7 Å². The molecular formula is C20H22N4O2. The average molecular weight is 350 g/mol. The Kier molecular flexibility index (Phi) is 5.73. The summed E-state index contributed by atoms with van der Waals surface area (Å²) in [5.74, 6) is 0.0185. The summed E-state index contributed by atoms with van der Waals surface area (Å²) in [5.41, 5.74) is 3.15. The van der Waals surface area contributed by atoms with Gasteiger partial charge in [0.05, 0.1) is 11.0 Å². The largest absolute Gasteiger partial charge is 0.356 e. The molecule has 3 aromatic rings. The number of nitrogens with zero attached hydrogens (tertiary/aromatic N) is 3. The number of para-hydroxylation sites is 2. The highest BCUT2D eigenvalue weighted by molar-refractivity contribution is 5.76. The molecule has 2 aromatic heterocycles. The Labute approximate surface area is 151 Å². The van der Waals surface area contributed by atoms with Crippen molar-refractivity contribution in [3.8, 4) is 0 Å². The lowest BCUT2D eigenvalue weighted by molar-refractivity contribution is -0.121. The minimum Gasteiger partial charge on any atom is -0.356 e. The van der Waals surface area contributed by atoms with Gasteiger partial charge in [0.2, 0.25) is 5.91 Å². The summed E-state index contributed by atoms with van der Waals surface area (Å²) in [7, 11) is 0. The molecule has 0 fully saturated rings. The summed E-state index contributed by atoms with van der Waals surface area (Å²) in [6, 6.07) is 11.4. The molecule has 3 rings (SSSR count). The Morgan fingerprint density at radius 1 is 1.15 bits per heavy atom. The number of aromatic nitrogens is 3. The maximum absolute atomic E-state index is 12.4. The highest BCUT2D eigenvalue weighted by Crippen LogP contribution is 2.10. The van der Waals surface area contributed by atoms with E-state index >= 15 is 0 Å². The fraction of sp³-hybridized carbons (Fsp3) is 0.300. The SMILES string of the molecule is Cc1nc2ccccc2n(CCCNC(=O)CCc2ccncc2)c1=O. The second-order valence-corrected chi connectivity index (χ2v) is 6.20. The number of fused-ring (bicyclic) bond motifs is 1. The first kappa shape index (κ1) is 17.8. The normalized spacial score (nSPS) is 10.8. The van der Waals surface area contributed by atoms with Gasteiger partial charge in [-0.3, -0.25) is 14.6 Å². The first-order valence-electron chi connectivity index (χ1n) is 8.77. The van der Waals surface area contributed by atoms with Gasteiger partial charge in [-0.25, -0.2) is 4.98 Å². The molecule has 0 aliphatic heterocycles. The predicted molar refractivity (Wildman–Crippen MR) is 101 cm³/mol. The van der Waals surface area contributed by atoms with Crippen LogP contribution in [0, 0.1) is 6.92 Å². The van der Waals surface area contributed by atoms with E-state index in [1.807, 2.05) is 36.4 Å². The number of nitrogens with one attached hydrogen (secondary N) is 1. The summed E-state index contributed by atoms with van der Waals surface area (Å²) in [6.45, 7) is 2.82. The van der Waals surface area contributed by atoms with Crippen LogP contribution in [-0.2, 0) is 17.8 Å². The van der Waals surface area contributed by atoms with Gasteiger partial charge in [0, 0.05) is 31.9 Å². The zero-order chi connectivity index (χ0) is 18.4. The van der Waals surface area contributed by atoms with Crippen LogP contribution >= 0.6 is 0 Å². The van der Waals surface area contributed by atoms with Crippen molar-refractivity contribution in [2.24, 2.45) is 0 Å². The van der Waals surface area contributed by atoms with Crippen molar-refractivity contribution in [3.63, 3.8) is 0 Å². The quantitative estimate of drug-likeness (QED) is 0.663. The van der Waals surface area contributed by atoms with Gasteiger partial charge in [-0.2, -0.15) is 0 Å². The van der Waals surface area contributed by atoms with E-state index in [0.29, 0.717) is 38.0 Å². The number of carbonyl (C=O) groups is 1. The van der Waals surface area contributed by atoms with Crippen molar-refractivity contribution in [1.29, 1.82) is 0 Å². The van der Waals surface area contributed by atoms with Crippen molar-refractivity contribution in [3.05, 3.63) is 70.4 Å². The number of carbonyl (C=O) groups excluding carboxylic acids is 1. The van der Waals surface area contributed by atoms with Crippen LogP contribution in [0.4, 0.5) is 0 Å². The number of aryl methyl sites for hydroxylation is 3. The Balaban J connectivity index is 1.52. The summed E-state index contributed by atoms with van der Waals surface area (Å²) in [6.07, 6.45) is 5.29. The van der Waals surface area contributed by atoms with Crippen molar-refractivity contribution < 1.29 is 4.79 Å². The Bertz CT molecular complexity index is 951. The third-order valence-electron chi connectivity index (χ3n) is 4.29. The highest BCUT2D eigenvalue weighted by Gasteiger charge is 2.08.